The summed E-state index contributed by atoms with van der Waals surface area (Å²) in [5, 5.41) is 4.35. The number of aromatic nitrogens is 5. The van der Waals surface area contributed by atoms with Crippen molar-refractivity contribution in [2.45, 2.75) is 33.6 Å². The van der Waals surface area contributed by atoms with E-state index in [1.165, 1.54) is 5.56 Å². The van der Waals surface area contributed by atoms with Crippen LogP contribution in [0.4, 0.5) is 5.82 Å². The number of hydrogen-bond donors (Lipinski definition) is 1. The van der Waals surface area contributed by atoms with Crippen LogP contribution in [0.5, 0.6) is 0 Å². The quantitative estimate of drug-likeness (QED) is 0.553. The highest BCUT2D eigenvalue weighted by Gasteiger charge is 2.26. The molecule has 1 fully saturated rings. The number of nitrogens with zero attached hydrogens (tertiary/aromatic N) is 6. The summed E-state index contributed by atoms with van der Waals surface area (Å²) in [4.78, 5) is 29.4. The molecule has 1 N–H and O–H groups in total. The van der Waals surface area contributed by atoms with E-state index in [-0.39, 0.29) is 11.8 Å². The van der Waals surface area contributed by atoms with Crippen molar-refractivity contribution >= 4 is 28.4 Å². The maximum atomic E-state index is 12.6. The van der Waals surface area contributed by atoms with Crippen molar-refractivity contribution in [1.29, 1.82) is 0 Å². The van der Waals surface area contributed by atoms with Crippen LogP contribution in [0.1, 0.15) is 36.5 Å². The molecule has 0 saturated carbocycles. The zero-order valence-electron chi connectivity index (χ0n) is 18.6. The van der Waals surface area contributed by atoms with Crippen LogP contribution in [0.25, 0.3) is 27.9 Å². The highest BCUT2D eigenvalue weighted by Crippen LogP contribution is 2.37. The van der Waals surface area contributed by atoms with Gasteiger partial charge in [-0.1, -0.05) is 13.8 Å². The maximum Gasteiger partial charge on any atom is 0.242 e. The maximum absolute atomic E-state index is 12.6. The lowest BCUT2D eigenvalue weighted by atomic mass is 9.95. The Morgan fingerprint density at radius 1 is 1.13 bits per heavy atom. The van der Waals surface area contributed by atoms with E-state index in [9.17, 15) is 4.79 Å². The van der Waals surface area contributed by atoms with Crippen LogP contribution in [-0.2, 0) is 4.79 Å². The molecule has 4 aromatic heterocycles. The molecule has 0 radical (unpaired) electrons. The molecule has 5 heterocycles. The van der Waals surface area contributed by atoms with Crippen molar-refractivity contribution in [3.8, 4) is 11.3 Å². The van der Waals surface area contributed by atoms with Gasteiger partial charge in [0.25, 0.3) is 0 Å². The van der Waals surface area contributed by atoms with Gasteiger partial charge in [-0.2, -0.15) is 5.10 Å². The molecule has 4 aromatic rings. The molecular weight excluding hydrogens is 390 g/mol. The summed E-state index contributed by atoms with van der Waals surface area (Å²) in [5.74, 6) is 1.06. The Labute approximate surface area is 180 Å². The predicted octanol–water partition coefficient (Wildman–Crippen LogP) is 3.29. The minimum Gasteiger partial charge on any atom is -0.353 e. The Morgan fingerprint density at radius 3 is 2.68 bits per heavy atom. The molecule has 160 valence electrons. The minimum atomic E-state index is 0.0885. The van der Waals surface area contributed by atoms with Crippen LogP contribution in [-0.4, -0.2) is 62.1 Å². The van der Waals surface area contributed by atoms with Crippen LogP contribution >= 0.6 is 0 Å². The third-order valence-corrected chi connectivity index (χ3v) is 6.33. The lowest BCUT2D eigenvalue weighted by Crippen LogP contribution is -2.49. The van der Waals surface area contributed by atoms with Gasteiger partial charge in [0.05, 0.1) is 23.3 Å². The number of pyridine rings is 2. The lowest BCUT2D eigenvalue weighted by Gasteiger charge is -2.31. The first kappa shape index (κ1) is 19.7. The van der Waals surface area contributed by atoms with Gasteiger partial charge in [-0.25, -0.2) is 14.5 Å². The van der Waals surface area contributed by atoms with Gasteiger partial charge >= 0.3 is 0 Å². The Balaban J connectivity index is 1.69. The second-order valence-corrected chi connectivity index (χ2v) is 8.74. The third-order valence-electron chi connectivity index (χ3n) is 6.33. The van der Waals surface area contributed by atoms with E-state index in [0.717, 1.165) is 51.4 Å². The van der Waals surface area contributed by atoms with Gasteiger partial charge in [0.1, 0.15) is 12.1 Å². The number of aromatic amines is 1. The van der Waals surface area contributed by atoms with Crippen molar-refractivity contribution in [2.75, 3.05) is 31.6 Å². The van der Waals surface area contributed by atoms with E-state index in [4.69, 9.17) is 4.98 Å². The molecule has 8 heteroatoms. The van der Waals surface area contributed by atoms with Crippen LogP contribution in [0.2, 0.25) is 0 Å². The number of anilines is 1. The molecule has 1 amide bonds. The molecule has 1 aliphatic heterocycles. The van der Waals surface area contributed by atoms with Gasteiger partial charge in [-0.3, -0.25) is 14.6 Å². The van der Waals surface area contributed by atoms with E-state index < -0.39 is 0 Å². The lowest BCUT2D eigenvalue weighted by molar-refractivity contribution is -0.120. The fourth-order valence-corrected chi connectivity index (χ4v) is 4.49. The third kappa shape index (κ3) is 3.09. The number of aryl methyl sites for hydroxylation is 1. The highest BCUT2D eigenvalue weighted by molar-refractivity contribution is 5.97. The predicted molar refractivity (Wildman–Crippen MR) is 121 cm³/mol. The smallest absolute Gasteiger partial charge is 0.242 e. The highest BCUT2D eigenvalue weighted by atomic mass is 16.2. The Kier molecular flexibility index (Phi) is 4.55. The second-order valence-electron chi connectivity index (χ2n) is 8.74. The summed E-state index contributed by atoms with van der Waals surface area (Å²) < 4.78 is 1.83. The fourth-order valence-electron chi connectivity index (χ4n) is 4.49. The van der Waals surface area contributed by atoms with E-state index in [2.05, 4.69) is 42.8 Å². The van der Waals surface area contributed by atoms with Crippen LogP contribution < -0.4 is 4.90 Å². The summed E-state index contributed by atoms with van der Waals surface area (Å²) in [6, 6.07) is 3.98. The Bertz CT molecular complexity index is 1320. The zero-order chi connectivity index (χ0) is 21.9. The number of hydrogen-bond acceptors (Lipinski definition) is 5. The van der Waals surface area contributed by atoms with E-state index in [0.29, 0.717) is 13.1 Å². The summed E-state index contributed by atoms with van der Waals surface area (Å²) in [5.41, 5.74) is 8.35. The first-order valence-corrected chi connectivity index (χ1v) is 10.7. The Hall–Kier alpha value is -3.26. The second kappa shape index (κ2) is 7.16. The SMILES string of the molecule is Cc1c(-c2[nH]c3ccc(N4CCN(C)CC4=O)nc3c2C(C)C)cn2ncnc2c1C. The number of carbonyl (C=O) groups is 1. The van der Waals surface area contributed by atoms with Crippen LogP contribution in [0.15, 0.2) is 24.7 Å². The first-order valence-electron chi connectivity index (χ1n) is 10.7. The average molecular weight is 418 g/mol. The monoisotopic (exact) mass is 417 g/mol. The molecule has 0 bridgehead atoms. The topological polar surface area (TPSA) is 82.4 Å². The molecule has 0 spiro atoms. The van der Waals surface area contributed by atoms with Crippen molar-refractivity contribution in [1.82, 2.24) is 29.5 Å². The molecule has 0 aromatic carbocycles. The van der Waals surface area contributed by atoms with Crippen molar-refractivity contribution < 1.29 is 4.79 Å². The molecule has 5 rings (SSSR count). The number of piperazine rings is 1. The molecule has 0 aliphatic carbocycles. The Morgan fingerprint density at radius 2 is 1.94 bits per heavy atom. The molecule has 0 unspecified atom stereocenters. The van der Waals surface area contributed by atoms with Crippen molar-refractivity contribution in [3.05, 3.63) is 41.3 Å². The number of fused-ring (bicyclic) bond motifs is 2. The van der Waals surface area contributed by atoms with E-state index in [1.54, 1.807) is 11.2 Å². The van der Waals surface area contributed by atoms with Gasteiger partial charge in [0.2, 0.25) is 5.91 Å². The summed E-state index contributed by atoms with van der Waals surface area (Å²) >= 11 is 0. The van der Waals surface area contributed by atoms with Crippen LogP contribution in [0, 0.1) is 13.8 Å². The molecular formula is C23H27N7O. The number of H-pyrrole nitrogens is 1. The molecule has 31 heavy (non-hydrogen) atoms. The largest absolute Gasteiger partial charge is 0.353 e. The minimum absolute atomic E-state index is 0.0885. The average Bonchev–Trinajstić information content (AvgIpc) is 3.34. The van der Waals surface area contributed by atoms with Crippen molar-refractivity contribution in [3.63, 3.8) is 0 Å². The molecule has 8 nitrogen and oxygen atoms in total. The molecule has 0 atom stereocenters. The molecule has 1 aliphatic rings. The summed E-state index contributed by atoms with van der Waals surface area (Å²) in [6.07, 6.45) is 3.62. The molecule has 1 saturated heterocycles. The fraction of sp³-hybridized carbons (Fsp3) is 0.391. The number of amides is 1. The first-order chi connectivity index (χ1) is 14.8. The number of likely N-dealkylation sites (N-methyl/N-ethyl adjacent to an activating group) is 1. The van der Waals surface area contributed by atoms with Gasteiger partial charge < -0.3 is 4.98 Å². The summed E-state index contributed by atoms with van der Waals surface area (Å²) in [6.45, 7) is 10.5. The van der Waals surface area contributed by atoms with Gasteiger partial charge in [-0.05, 0) is 50.1 Å². The zero-order valence-corrected chi connectivity index (χ0v) is 18.6. The number of nitrogens with one attached hydrogen (secondary N) is 1. The van der Waals surface area contributed by atoms with Gasteiger partial charge in [0, 0.05) is 30.4 Å². The normalized spacial score (nSPS) is 15.7. The van der Waals surface area contributed by atoms with E-state index in [1.807, 2.05) is 34.8 Å². The van der Waals surface area contributed by atoms with E-state index >= 15 is 0 Å². The van der Waals surface area contributed by atoms with Crippen LogP contribution in [0.3, 0.4) is 0 Å². The van der Waals surface area contributed by atoms with Crippen molar-refractivity contribution in [2.24, 2.45) is 0 Å². The number of rotatable bonds is 3. The number of carbonyl (C=O) groups excluding carboxylic acids is 1. The van der Waals surface area contributed by atoms with Gasteiger partial charge in [-0.15, -0.1) is 0 Å². The standard InChI is InChI=1S/C23H27N7O/c1-13(2)20-21(16-10-30-23(24-12-25-30)15(4)14(16)3)26-17-6-7-18(27-22(17)20)29-9-8-28(5)11-19(29)31/h6-7,10,12-13,26H,8-9,11H2,1-5H3. The van der Waals surface area contributed by atoms with Gasteiger partial charge in [0.15, 0.2) is 5.65 Å². The summed E-state index contributed by atoms with van der Waals surface area (Å²) in [7, 11) is 1.97.